The molecule has 1 atom stereocenters. The Bertz CT molecular complexity index is 516. The zero-order valence-electron chi connectivity index (χ0n) is 12.6. The van der Waals surface area contributed by atoms with Crippen LogP contribution < -0.4 is 10.1 Å². The lowest BCUT2D eigenvalue weighted by molar-refractivity contribution is -0.139. The molecule has 1 aliphatic heterocycles. The van der Waals surface area contributed by atoms with E-state index in [9.17, 15) is 9.59 Å². The summed E-state index contributed by atoms with van der Waals surface area (Å²) in [5.41, 5.74) is 1.11. The first-order valence-corrected chi connectivity index (χ1v) is 7.38. The van der Waals surface area contributed by atoms with Crippen molar-refractivity contribution in [2.75, 3.05) is 26.2 Å². The van der Waals surface area contributed by atoms with Gasteiger partial charge in [0, 0.05) is 13.1 Å². The number of ether oxygens (including phenoxy) is 1. The second-order valence-electron chi connectivity index (χ2n) is 5.30. The molecule has 5 nitrogen and oxygen atoms in total. The normalized spacial score (nSPS) is 16.3. The van der Waals surface area contributed by atoms with Crippen LogP contribution in [0, 0.1) is 0 Å². The van der Waals surface area contributed by atoms with Crippen molar-refractivity contribution in [2.24, 2.45) is 0 Å². The molecule has 0 spiro atoms. The third-order valence-electron chi connectivity index (χ3n) is 3.80. The highest BCUT2D eigenvalue weighted by atomic mass is 16.5. The van der Waals surface area contributed by atoms with Gasteiger partial charge in [-0.25, -0.2) is 0 Å². The summed E-state index contributed by atoms with van der Waals surface area (Å²) in [6.45, 7) is 5.41. The van der Waals surface area contributed by atoms with Gasteiger partial charge < -0.3 is 15.0 Å². The molecular weight excluding hydrogens is 268 g/mol. The molecule has 2 rings (SSSR count). The minimum atomic E-state index is -0.149. The van der Waals surface area contributed by atoms with E-state index in [2.05, 4.69) is 19.2 Å². The van der Waals surface area contributed by atoms with Crippen molar-refractivity contribution in [3.05, 3.63) is 29.8 Å². The van der Waals surface area contributed by atoms with E-state index in [4.69, 9.17) is 4.74 Å². The minimum Gasteiger partial charge on any atom is -0.483 e. The van der Waals surface area contributed by atoms with Crippen LogP contribution in [0.2, 0.25) is 0 Å². The summed E-state index contributed by atoms with van der Waals surface area (Å²) in [4.78, 5) is 24.9. The van der Waals surface area contributed by atoms with Crippen LogP contribution in [0.1, 0.15) is 31.7 Å². The number of hydrogen-bond donors (Lipinski definition) is 1. The number of nitrogens with zero attached hydrogens (tertiary/aromatic N) is 1. The Morgan fingerprint density at radius 1 is 1.43 bits per heavy atom. The lowest BCUT2D eigenvalue weighted by Gasteiger charge is -2.26. The summed E-state index contributed by atoms with van der Waals surface area (Å²) < 4.78 is 5.69. The molecule has 1 N–H and O–H groups in total. The molecule has 5 heteroatoms. The number of carbonyl (C=O) groups is 2. The third kappa shape index (κ3) is 3.97. The second kappa shape index (κ2) is 7.11. The van der Waals surface area contributed by atoms with Gasteiger partial charge in [-0.15, -0.1) is 0 Å². The molecule has 1 fully saturated rings. The second-order valence-corrected chi connectivity index (χ2v) is 5.30. The first kappa shape index (κ1) is 15.4. The highest BCUT2D eigenvalue weighted by molar-refractivity contribution is 5.86. The monoisotopic (exact) mass is 290 g/mol. The molecule has 0 bridgehead atoms. The topological polar surface area (TPSA) is 58.6 Å². The van der Waals surface area contributed by atoms with Gasteiger partial charge in [-0.05, 0) is 24.0 Å². The summed E-state index contributed by atoms with van der Waals surface area (Å²) >= 11 is 0. The Hall–Kier alpha value is -2.04. The molecule has 1 aromatic carbocycles. The van der Waals surface area contributed by atoms with Gasteiger partial charge in [0.25, 0.3) is 5.91 Å². The van der Waals surface area contributed by atoms with E-state index in [-0.39, 0.29) is 25.0 Å². The number of benzene rings is 1. The number of para-hydroxylation sites is 1. The SMILES string of the molecule is CC[C@@H](C)c1ccccc1OCC(=O)N1CCNC(=O)C1. The number of carbonyl (C=O) groups excluding carboxylic acids is 2. The molecule has 0 radical (unpaired) electrons. The van der Waals surface area contributed by atoms with Crippen LogP contribution in [0.15, 0.2) is 24.3 Å². The van der Waals surface area contributed by atoms with Crippen LogP contribution in [-0.4, -0.2) is 43.0 Å². The zero-order valence-corrected chi connectivity index (χ0v) is 12.6. The molecule has 21 heavy (non-hydrogen) atoms. The van der Waals surface area contributed by atoms with Crippen molar-refractivity contribution >= 4 is 11.8 Å². The van der Waals surface area contributed by atoms with Gasteiger partial charge in [0.15, 0.2) is 6.61 Å². The number of amides is 2. The fraction of sp³-hybridized carbons (Fsp3) is 0.500. The van der Waals surface area contributed by atoms with Crippen LogP contribution in [-0.2, 0) is 9.59 Å². The molecule has 1 aromatic rings. The fourth-order valence-electron chi connectivity index (χ4n) is 2.32. The van der Waals surface area contributed by atoms with E-state index in [0.717, 1.165) is 17.7 Å². The molecule has 1 saturated heterocycles. The maximum Gasteiger partial charge on any atom is 0.261 e. The highest BCUT2D eigenvalue weighted by Gasteiger charge is 2.21. The van der Waals surface area contributed by atoms with Gasteiger partial charge in [-0.1, -0.05) is 32.0 Å². The van der Waals surface area contributed by atoms with Crippen molar-refractivity contribution in [1.29, 1.82) is 0 Å². The van der Waals surface area contributed by atoms with Crippen molar-refractivity contribution in [2.45, 2.75) is 26.2 Å². The Balaban J connectivity index is 1.96. The van der Waals surface area contributed by atoms with E-state index < -0.39 is 0 Å². The Morgan fingerprint density at radius 2 is 2.19 bits per heavy atom. The molecule has 0 aromatic heterocycles. The van der Waals surface area contributed by atoms with Crippen LogP contribution in [0.5, 0.6) is 5.75 Å². The van der Waals surface area contributed by atoms with Gasteiger partial charge in [0.1, 0.15) is 5.75 Å². The van der Waals surface area contributed by atoms with Gasteiger partial charge in [-0.2, -0.15) is 0 Å². The lowest BCUT2D eigenvalue weighted by atomic mass is 9.98. The molecule has 0 saturated carbocycles. The van der Waals surface area contributed by atoms with Gasteiger partial charge in [-0.3, -0.25) is 9.59 Å². The molecule has 0 unspecified atom stereocenters. The largest absolute Gasteiger partial charge is 0.483 e. The van der Waals surface area contributed by atoms with Gasteiger partial charge >= 0.3 is 0 Å². The number of piperazine rings is 1. The fourth-order valence-corrected chi connectivity index (χ4v) is 2.32. The molecular formula is C16H22N2O3. The van der Waals surface area contributed by atoms with E-state index in [0.29, 0.717) is 19.0 Å². The summed E-state index contributed by atoms with van der Waals surface area (Å²) in [7, 11) is 0. The predicted molar refractivity (Wildman–Crippen MR) is 80.2 cm³/mol. The summed E-state index contributed by atoms with van der Waals surface area (Å²) in [5.74, 6) is 0.872. The Labute approximate surface area is 125 Å². The Morgan fingerprint density at radius 3 is 2.90 bits per heavy atom. The first-order chi connectivity index (χ1) is 10.1. The molecule has 0 aliphatic carbocycles. The van der Waals surface area contributed by atoms with Gasteiger partial charge in [0.2, 0.25) is 5.91 Å². The van der Waals surface area contributed by atoms with Crippen molar-refractivity contribution < 1.29 is 14.3 Å². The predicted octanol–water partition coefficient (Wildman–Crippen LogP) is 1.54. The summed E-state index contributed by atoms with van der Waals surface area (Å²) in [6, 6.07) is 7.80. The third-order valence-corrected chi connectivity index (χ3v) is 3.80. The maximum atomic E-state index is 12.1. The van der Waals surface area contributed by atoms with Crippen LogP contribution >= 0.6 is 0 Å². The zero-order chi connectivity index (χ0) is 15.2. The van der Waals surface area contributed by atoms with Crippen LogP contribution in [0.3, 0.4) is 0 Å². The van der Waals surface area contributed by atoms with Crippen molar-refractivity contribution in [3.63, 3.8) is 0 Å². The smallest absolute Gasteiger partial charge is 0.261 e. The molecule has 114 valence electrons. The molecule has 2 amide bonds. The highest BCUT2D eigenvalue weighted by Crippen LogP contribution is 2.28. The Kier molecular flexibility index (Phi) is 5.20. The molecule has 1 heterocycles. The van der Waals surface area contributed by atoms with E-state index >= 15 is 0 Å². The van der Waals surface area contributed by atoms with E-state index in [1.807, 2.05) is 24.3 Å². The van der Waals surface area contributed by atoms with Gasteiger partial charge in [0.05, 0.1) is 6.54 Å². The quantitative estimate of drug-likeness (QED) is 0.895. The summed E-state index contributed by atoms with van der Waals surface area (Å²) in [6.07, 6.45) is 1.01. The maximum absolute atomic E-state index is 12.1. The van der Waals surface area contributed by atoms with Crippen molar-refractivity contribution in [1.82, 2.24) is 10.2 Å². The van der Waals surface area contributed by atoms with Crippen LogP contribution in [0.25, 0.3) is 0 Å². The average molecular weight is 290 g/mol. The standard InChI is InChI=1S/C16H22N2O3/c1-3-12(2)13-6-4-5-7-14(13)21-11-16(20)18-9-8-17-15(19)10-18/h4-7,12H,3,8-11H2,1-2H3,(H,17,19)/t12-/m1/s1. The van der Waals surface area contributed by atoms with Crippen molar-refractivity contribution in [3.8, 4) is 5.75 Å². The average Bonchev–Trinajstić information content (AvgIpc) is 2.52. The van der Waals surface area contributed by atoms with Crippen LogP contribution in [0.4, 0.5) is 0 Å². The number of nitrogens with one attached hydrogen (secondary N) is 1. The van der Waals surface area contributed by atoms with E-state index in [1.165, 1.54) is 4.90 Å². The molecule has 1 aliphatic rings. The first-order valence-electron chi connectivity index (χ1n) is 7.38. The van der Waals surface area contributed by atoms with E-state index in [1.54, 1.807) is 0 Å². The number of hydrogen-bond acceptors (Lipinski definition) is 3. The number of rotatable bonds is 5. The summed E-state index contributed by atoms with van der Waals surface area (Å²) in [5, 5.41) is 2.70. The minimum absolute atomic E-state index is 0.0271. The lowest BCUT2D eigenvalue weighted by Crippen LogP contribution is -2.51.